The molecule has 0 amide bonds. The summed E-state index contributed by atoms with van der Waals surface area (Å²) in [6.45, 7) is 10.3. The van der Waals surface area contributed by atoms with Gasteiger partial charge in [0, 0.05) is 12.6 Å². The zero-order valence-electron chi connectivity index (χ0n) is 11.7. The number of aliphatic carboxylic acids is 1. The topological polar surface area (TPSA) is 40.5 Å². The van der Waals surface area contributed by atoms with Crippen molar-refractivity contribution in [2.24, 2.45) is 11.3 Å². The normalized spacial score (nSPS) is 22.3. The number of carbonyl (C=O) groups is 1. The summed E-state index contributed by atoms with van der Waals surface area (Å²) in [5.41, 5.74) is -0.544. The van der Waals surface area contributed by atoms with Crippen LogP contribution >= 0.6 is 0 Å². The molecule has 1 saturated heterocycles. The van der Waals surface area contributed by atoms with Crippen molar-refractivity contribution in [3.8, 4) is 0 Å². The summed E-state index contributed by atoms with van der Waals surface area (Å²) in [4.78, 5) is 13.9. The second-order valence-corrected chi connectivity index (χ2v) is 5.72. The van der Waals surface area contributed by atoms with E-state index in [4.69, 9.17) is 0 Å². The van der Waals surface area contributed by atoms with E-state index in [9.17, 15) is 9.90 Å². The maximum absolute atomic E-state index is 11.5. The van der Waals surface area contributed by atoms with Crippen molar-refractivity contribution in [3.63, 3.8) is 0 Å². The van der Waals surface area contributed by atoms with E-state index in [0.717, 1.165) is 25.9 Å². The minimum absolute atomic E-state index is 0.544. The predicted molar refractivity (Wildman–Crippen MR) is 70.1 cm³/mol. The highest BCUT2D eigenvalue weighted by Crippen LogP contribution is 2.33. The van der Waals surface area contributed by atoms with Crippen LogP contribution in [0.25, 0.3) is 0 Å². The Labute approximate surface area is 105 Å². The van der Waals surface area contributed by atoms with Crippen molar-refractivity contribution in [2.45, 2.75) is 59.4 Å². The van der Waals surface area contributed by atoms with Gasteiger partial charge in [0.2, 0.25) is 0 Å². The van der Waals surface area contributed by atoms with Crippen LogP contribution < -0.4 is 0 Å². The largest absolute Gasteiger partial charge is 0.481 e. The van der Waals surface area contributed by atoms with Crippen LogP contribution in [0.15, 0.2) is 0 Å². The molecule has 0 aromatic carbocycles. The molecule has 1 heterocycles. The van der Waals surface area contributed by atoms with Crippen LogP contribution in [0.3, 0.4) is 0 Å². The van der Waals surface area contributed by atoms with Crippen molar-refractivity contribution in [3.05, 3.63) is 0 Å². The highest BCUT2D eigenvalue weighted by Gasteiger charge is 2.40. The lowest BCUT2D eigenvalue weighted by atomic mass is 9.81. The Morgan fingerprint density at radius 3 is 2.41 bits per heavy atom. The summed E-state index contributed by atoms with van der Waals surface area (Å²) in [5.74, 6) is -0.00499. The van der Waals surface area contributed by atoms with E-state index in [0.29, 0.717) is 12.0 Å². The molecule has 1 unspecified atom stereocenters. The van der Waals surface area contributed by atoms with Gasteiger partial charge >= 0.3 is 5.97 Å². The van der Waals surface area contributed by atoms with Gasteiger partial charge in [0.15, 0.2) is 0 Å². The Morgan fingerprint density at radius 1 is 1.41 bits per heavy atom. The number of rotatable bonds is 6. The molecule has 3 nitrogen and oxygen atoms in total. The molecule has 1 aliphatic heterocycles. The molecule has 0 aromatic rings. The summed E-state index contributed by atoms with van der Waals surface area (Å²) in [6, 6.07) is 0.576. The van der Waals surface area contributed by atoms with Gasteiger partial charge in [-0.2, -0.15) is 0 Å². The second-order valence-electron chi connectivity index (χ2n) is 5.72. The molecule has 17 heavy (non-hydrogen) atoms. The first-order valence-corrected chi connectivity index (χ1v) is 6.94. The van der Waals surface area contributed by atoms with Gasteiger partial charge in [-0.15, -0.1) is 0 Å². The average Bonchev–Trinajstić information content (AvgIpc) is 2.73. The fraction of sp³-hybridized carbons (Fsp3) is 0.929. The first-order chi connectivity index (χ1) is 7.96. The minimum atomic E-state index is -0.628. The maximum atomic E-state index is 11.5. The molecule has 0 radical (unpaired) electrons. The van der Waals surface area contributed by atoms with Crippen LogP contribution in [-0.2, 0) is 4.79 Å². The van der Waals surface area contributed by atoms with E-state index in [-0.39, 0.29) is 0 Å². The van der Waals surface area contributed by atoms with Gasteiger partial charge in [-0.3, -0.25) is 9.69 Å². The molecule has 0 spiro atoms. The molecule has 0 aromatic heterocycles. The Morgan fingerprint density at radius 2 is 2.00 bits per heavy atom. The third-order valence-corrected chi connectivity index (χ3v) is 4.50. The van der Waals surface area contributed by atoms with Crippen molar-refractivity contribution in [2.75, 3.05) is 13.1 Å². The van der Waals surface area contributed by atoms with Crippen LogP contribution in [-0.4, -0.2) is 35.1 Å². The fourth-order valence-electron chi connectivity index (χ4n) is 3.04. The Balaban J connectivity index is 2.76. The lowest BCUT2D eigenvalue weighted by Gasteiger charge is -2.36. The monoisotopic (exact) mass is 241 g/mol. The van der Waals surface area contributed by atoms with Crippen LogP contribution in [0.4, 0.5) is 0 Å². The quantitative estimate of drug-likeness (QED) is 0.777. The van der Waals surface area contributed by atoms with Crippen molar-refractivity contribution in [1.82, 2.24) is 4.90 Å². The summed E-state index contributed by atoms with van der Waals surface area (Å²) in [5, 5.41) is 9.48. The van der Waals surface area contributed by atoms with Crippen molar-refractivity contribution < 1.29 is 9.90 Å². The standard InChI is InChI=1S/C14H27NO2/c1-5-14(6-2,13(16)17)10-15-9-7-8-12(15)11(3)4/h11-12H,5-10H2,1-4H3,(H,16,17). The molecule has 1 atom stereocenters. The Hall–Kier alpha value is -0.570. The fourth-order valence-corrected chi connectivity index (χ4v) is 3.04. The molecule has 1 fully saturated rings. The molecule has 0 bridgehead atoms. The summed E-state index contributed by atoms with van der Waals surface area (Å²) < 4.78 is 0. The smallest absolute Gasteiger partial charge is 0.310 e. The van der Waals surface area contributed by atoms with Gasteiger partial charge in [0.05, 0.1) is 5.41 Å². The maximum Gasteiger partial charge on any atom is 0.310 e. The lowest BCUT2D eigenvalue weighted by molar-refractivity contribution is -0.151. The molecular weight excluding hydrogens is 214 g/mol. The number of carboxylic acids is 1. The van der Waals surface area contributed by atoms with Crippen LogP contribution in [0, 0.1) is 11.3 Å². The molecule has 1 rings (SSSR count). The van der Waals surface area contributed by atoms with Gasteiger partial charge < -0.3 is 5.11 Å². The van der Waals surface area contributed by atoms with Crippen molar-refractivity contribution in [1.29, 1.82) is 0 Å². The molecule has 1 aliphatic rings. The zero-order valence-corrected chi connectivity index (χ0v) is 11.7. The van der Waals surface area contributed by atoms with Gasteiger partial charge in [-0.1, -0.05) is 27.7 Å². The van der Waals surface area contributed by atoms with E-state index < -0.39 is 11.4 Å². The SMILES string of the molecule is CCC(CC)(CN1CCCC1C(C)C)C(=O)O. The molecule has 0 saturated carbocycles. The third kappa shape index (κ3) is 3.01. The first kappa shape index (κ1) is 14.5. The molecular formula is C14H27NO2. The Bertz CT molecular complexity index is 259. The van der Waals surface area contributed by atoms with E-state index in [1.807, 2.05) is 13.8 Å². The number of hydrogen-bond acceptors (Lipinski definition) is 2. The predicted octanol–water partition coefficient (Wildman–Crippen LogP) is 3.00. The highest BCUT2D eigenvalue weighted by molar-refractivity contribution is 5.74. The van der Waals surface area contributed by atoms with Crippen molar-refractivity contribution >= 4 is 5.97 Å². The van der Waals surface area contributed by atoms with E-state index in [1.54, 1.807) is 0 Å². The zero-order chi connectivity index (χ0) is 13.1. The van der Waals surface area contributed by atoms with Gasteiger partial charge in [0.25, 0.3) is 0 Å². The number of likely N-dealkylation sites (tertiary alicyclic amines) is 1. The van der Waals surface area contributed by atoms with E-state index in [2.05, 4.69) is 18.7 Å². The molecule has 1 N–H and O–H groups in total. The Kier molecular flexibility index (Phi) is 4.99. The lowest BCUT2D eigenvalue weighted by Crippen LogP contribution is -2.45. The second kappa shape index (κ2) is 5.85. The summed E-state index contributed by atoms with van der Waals surface area (Å²) in [6.07, 6.45) is 3.88. The highest BCUT2D eigenvalue weighted by atomic mass is 16.4. The molecule has 100 valence electrons. The third-order valence-electron chi connectivity index (χ3n) is 4.50. The minimum Gasteiger partial charge on any atom is -0.481 e. The number of nitrogens with zero attached hydrogens (tertiary/aromatic N) is 1. The van der Waals surface area contributed by atoms with Crippen LogP contribution in [0.1, 0.15) is 53.4 Å². The molecule has 3 heteroatoms. The summed E-state index contributed by atoms with van der Waals surface area (Å²) in [7, 11) is 0. The van der Waals surface area contributed by atoms with E-state index in [1.165, 1.54) is 12.8 Å². The molecule has 0 aliphatic carbocycles. The first-order valence-electron chi connectivity index (χ1n) is 6.94. The number of carboxylic acid groups (broad SMARTS) is 1. The van der Waals surface area contributed by atoms with Crippen LogP contribution in [0.5, 0.6) is 0 Å². The van der Waals surface area contributed by atoms with Gasteiger partial charge in [0.1, 0.15) is 0 Å². The van der Waals surface area contributed by atoms with E-state index >= 15 is 0 Å². The summed E-state index contributed by atoms with van der Waals surface area (Å²) >= 11 is 0. The average molecular weight is 241 g/mol. The van der Waals surface area contributed by atoms with Gasteiger partial charge in [-0.25, -0.2) is 0 Å². The van der Waals surface area contributed by atoms with Crippen LogP contribution in [0.2, 0.25) is 0 Å². The van der Waals surface area contributed by atoms with Gasteiger partial charge in [-0.05, 0) is 38.1 Å². The number of hydrogen-bond donors (Lipinski definition) is 1.